The Morgan fingerprint density at radius 2 is 2.37 bits per heavy atom. The molecular weight excluding hydrogens is 242 g/mol. The second kappa shape index (κ2) is 5.93. The van der Waals surface area contributed by atoms with Crippen LogP contribution in [-0.2, 0) is 9.53 Å². The molecule has 1 aliphatic rings. The maximum Gasteiger partial charge on any atom is 0.245 e. The van der Waals surface area contributed by atoms with E-state index in [1.165, 1.54) is 0 Å². The van der Waals surface area contributed by atoms with E-state index >= 15 is 0 Å². The number of aryl methyl sites for hydroxylation is 1. The van der Waals surface area contributed by atoms with Crippen molar-refractivity contribution in [3.8, 4) is 0 Å². The molecule has 19 heavy (non-hydrogen) atoms. The summed E-state index contributed by atoms with van der Waals surface area (Å²) >= 11 is 0. The van der Waals surface area contributed by atoms with Crippen molar-refractivity contribution in [2.24, 2.45) is 0 Å². The van der Waals surface area contributed by atoms with E-state index in [1.807, 2.05) is 36.9 Å². The molecule has 0 radical (unpaired) electrons. The zero-order valence-corrected chi connectivity index (χ0v) is 11.5. The van der Waals surface area contributed by atoms with E-state index in [1.54, 1.807) is 0 Å². The molecule has 1 aromatic carbocycles. The molecule has 0 bridgehead atoms. The van der Waals surface area contributed by atoms with Crippen LogP contribution in [0.3, 0.4) is 0 Å². The lowest BCUT2D eigenvalue weighted by Crippen LogP contribution is -2.54. The third-order valence-electron chi connectivity index (χ3n) is 3.27. The third kappa shape index (κ3) is 2.98. The van der Waals surface area contributed by atoms with Gasteiger partial charge in [0.25, 0.3) is 0 Å². The summed E-state index contributed by atoms with van der Waals surface area (Å²) in [7, 11) is 0. The van der Waals surface area contributed by atoms with E-state index in [0.29, 0.717) is 32.0 Å². The number of nitrogens with zero attached hydrogens (tertiary/aromatic N) is 1. The van der Waals surface area contributed by atoms with Gasteiger partial charge in [0, 0.05) is 13.1 Å². The number of nitrogens with one attached hydrogen (secondary N) is 1. The van der Waals surface area contributed by atoms with Crippen LogP contribution < -0.4 is 16.0 Å². The van der Waals surface area contributed by atoms with Crippen molar-refractivity contribution in [1.82, 2.24) is 5.32 Å². The summed E-state index contributed by atoms with van der Waals surface area (Å²) in [6, 6.07) is 5.61. The minimum atomic E-state index is -0.307. The van der Waals surface area contributed by atoms with Gasteiger partial charge in [0.15, 0.2) is 0 Å². The van der Waals surface area contributed by atoms with E-state index in [0.717, 1.165) is 11.3 Å². The van der Waals surface area contributed by atoms with E-state index in [-0.39, 0.29) is 11.9 Å². The number of nitrogens with two attached hydrogens (primary N) is 1. The number of hydrogen-bond donors (Lipinski definition) is 2. The number of nitrogen functional groups attached to an aromatic ring is 1. The van der Waals surface area contributed by atoms with Gasteiger partial charge < -0.3 is 20.7 Å². The highest BCUT2D eigenvalue weighted by Gasteiger charge is 2.30. The Kier molecular flexibility index (Phi) is 4.27. The Morgan fingerprint density at radius 1 is 1.58 bits per heavy atom. The Balaban J connectivity index is 2.26. The van der Waals surface area contributed by atoms with Gasteiger partial charge in [-0.3, -0.25) is 4.79 Å². The van der Waals surface area contributed by atoms with Gasteiger partial charge in [-0.25, -0.2) is 0 Å². The number of amides is 1. The molecule has 1 amide bonds. The van der Waals surface area contributed by atoms with Crippen molar-refractivity contribution in [2.45, 2.75) is 19.9 Å². The van der Waals surface area contributed by atoms with Crippen LogP contribution in [0.2, 0.25) is 0 Å². The summed E-state index contributed by atoms with van der Waals surface area (Å²) in [6.45, 7) is 6.22. The smallest absolute Gasteiger partial charge is 0.245 e. The summed E-state index contributed by atoms with van der Waals surface area (Å²) in [4.78, 5) is 14.1. The topological polar surface area (TPSA) is 67.6 Å². The molecule has 5 heteroatoms. The summed E-state index contributed by atoms with van der Waals surface area (Å²) < 4.78 is 5.42. The lowest BCUT2D eigenvalue weighted by Gasteiger charge is -2.37. The number of morpholine rings is 1. The van der Waals surface area contributed by atoms with Gasteiger partial charge in [-0.15, -0.1) is 0 Å². The van der Waals surface area contributed by atoms with Gasteiger partial charge >= 0.3 is 0 Å². The molecule has 0 saturated carbocycles. The highest BCUT2D eigenvalue weighted by molar-refractivity contribution is 5.87. The van der Waals surface area contributed by atoms with Crippen LogP contribution in [0, 0.1) is 6.92 Å². The van der Waals surface area contributed by atoms with Crippen LogP contribution in [-0.4, -0.2) is 38.3 Å². The lowest BCUT2D eigenvalue weighted by molar-refractivity contribution is -0.124. The summed E-state index contributed by atoms with van der Waals surface area (Å²) in [6.07, 6.45) is 0. The van der Waals surface area contributed by atoms with Gasteiger partial charge in [-0.1, -0.05) is 6.07 Å². The van der Waals surface area contributed by atoms with Crippen LogP contribution in [0.4, 0.5) is 11.4 Å². The summed E-state index contributed by atoms with van der Waals surface area (Å²) in [5, 5.41) is 2.84. The number of hydrogen-bond acceptors (Lipinski definition) is 4. The standard InChI is InChI=1S/C14H21N3O2/c1-3-16-14(18)13-9-19-7-6-17(13)12-5-4-10(2)8-11(12)15/h4-5,8,13H,3,6-7,9,15H2,1-2H3,(H,16,18). The Morgan fingerprint density at radius 3 is 3.05 bits per heavy atom. The maximum atomic E-state index is 12.1. The number of rotatable bonds is 3. The fraction of sp³-hybridized carbons (Fsp3) is 0.500. The van der Waals surface area contributed by atoms with E-state index in [9.17, 15) is 4.79 Å². The molecule has 1 unspecified atom stereocenters. The average Bonchev–Trinajstić information content (AvgIpc) is 2.39. The quantitative estimate of drug-likeness (QED) is 0.796. The van der Waals surface area contributed by atoms with Crippen LogP contribution in [0.15, 0.2) is 18.2 Å². The summed E-state index contributed by atoms with van der Waals surface area (Å²) in [5.74, 6) is -0.0119. The molecule has 1 aliphatic heterocycles. The Hall–Kier alpha value is -1.75. The van der Waals surface area contributed by atoms with Gasteiger partial charge in [0.1, 0.15) is 6.04 Å². The van der Waals surface area contributed by atoms with E-state index < -0.39 is 0 Å². The van der Waals surface area contributed by atoms with Crippen LogP contribution in [0.5, 0.6) is 0 Å². The summed E-state index contributed by atoms with van der Waals surface area (Å²) in [5.41, 5.74) is 8.80. The van der Waals surface area contributed by atoms with Gasteiger partial charge in [-0.2, -0.15) is 0 Å². The highest BCUT2D eigenvalue weighted by atomic mass is 16.5. The zero-order valence-electron chi connectivity index (χ0n) is 11.5. The molecule has 2 rings (SSSR count). The number of ether oxygens (including phenoxy) is 1. The number of likely N-dealkylation sites (N-methyl/N-ethyl adjacent to an activating group) is 1. The molecule has 1 fully saturated rings. The first-order valence-electron chi connectivity index (χ1n) is 6.61. The fourth-order valence-corrected chi connectivity index (χ4v) is 2.34. The monoisotopic (exact) mass is 263 g/mol. The Labute approximate surface area is 113 Å². The largest absolute Gasteiger partial charge is 0.397 e. The van der Waals surface area contributed by atoms with Crippen molar-refractivity contribution < 1.29 is 9.53 Å². The minimum Gasteiger partial charge on any atom is -0.397 e. The molecule has 0 spiro atoms. The van der Waals surface area contributed by atoms with Gasteiger partial charge in [0.2, 0.25) is 5.91 Å². The van der Waals surface area contributed by atoms with Crippen LogP contribution >= 0.6 is 0 Å². The number of anilines is 2. The van der Waals surface area contributed by atoms with E-state index in [4.69, 9.17) is 10.5 Å². The zero-order chi connectivity index (χ0) is 13.8. The molecule has 0 aliphatic carbocycles. The second-order valence-electron chi connectivity index (χ2n) is 4.74. The first kappa shape index (κ1) is 13.7. The normalized spacial score (nSPS) is 19.3. The maximum absolute atomic E-state index is 12.1. The predicted molar refractivity (Wildman–Crippen MR) is 76.2 cm³/mol. The molecule has 3 N–H and O–H groups in total. The average molecular weight is 263 g/mol. The van der Waals surface area contributed by atoms with E-state index in [2.05, 4.69) is 5.32 Å². The van der Waals surface area contributed by atoms with Crippen LogP contribution in [0.1, 0.15) is 12.5 Å². The second-order valence-corrected chi connectivity index (χ2v) is 4.74. The molecule has 104 valence electrons. The van der Waals surface area contributed by atoms with Gasteiger partial charge in [0.05, 0.1) is 24.6 Å². The van der Waals surface area contributed by atoms with Crippen molar-refractivity contribution in [1.29, 1.82) is 0 Å². The fourth-order valence-electron chi connectivity index (χ4n) is 2.34. The lowest BCUT2D eigenvalue weighted by atomic mass is 10.1. The van der Waals surface area contributed by atoms with Crippen molar-refractivity contribution in [2.75, 3.05) is 36.9 Å². The van der Waals surface area contributed by atoms with Crippen molar-refractivity contribution >= 4 is 17.3 Å². The Bertz CT molecular complexity index is 462. The molecule has 1 atom stereocenters. The first-order valence-corrected chi connectivity index (χ1v) is 6.61. The molecule has 5 nitrogen and oxygen atoms in total. The third-order valence-corrected chi connectivity index (χ3v) is 3.27. The molecule has 1 saturated heterocycles. The SMILES string of the molecule is CCNC(=O)C1COCCN1c1ccc(C)cc1N. The van der Waals surface area contributed by atoms with Crippen LogP contribution in [0.25, 0.3) is 0 Å². The molecule has 0 aromatic heterocycles. The molecule has 1 heterocycles. The van der Waals surface area contributed by atoms with Crippen molar-refractivity contribution in [3.05, 3.63) is 23.8 Å². The number of carbonyl (C=O) groups is 1. The molecule has 1 aromatic rings. The molecular formula is C14H21N3O2. The van der Waals surface area contributed by atoms with Crippen molar-refractivity contribution in [3.63, 3.8) is 0 Å². The minimum absolute atomic E-state index is 0.0119. The van der Waals surface area contributed by atoms with Gasteiger partial charge in [-0.05, 0) is 31.5 Å². The number of carbonyl (C=O) groups excluding carboxylic acids is 1. The first-order chi connectivity index (χ1) is 9.13. The number of benzene rings is 1. The highest BCUT2D eigenvalue weighted by Crippen LogP contribution is 2.27. The predicted octanol–water partition coefficient (Wildman–Crippen LogP) is 0.919.